The number of alkyl halides is 1. The van der Waals surface area contributed by atoms with Crippen LogP contribution in [0.4, 0.5) is 4.39 Å². The molecular formula is C8H13F. The van der Waals surface area contributed by atoms with Gasteiger partial charge in [0.05, 0.1) is 0 Å². The molecule has 1 saturated carbocycles. The Kier molecular flexibility index (Phi) is 1.89. The minimum Gasteiger partial charge on any atom is -0.247 e. The van der Waals surface area contributed by atoms with Crippen molar-refractivity contribution in [3.8, 4) is 0 Å². The predicted molar refractivity (Wildman–Crippen MR) is 37.1 cm³/mol. The number of hydrogen-bond donors (Lipinski definition) is 0. The summed E-state index contributed by atoms with van der Waals surface area (Å²) in [4.78, 5) is 0. The molecule has 1 heteroatoms. The van der Waals surface area contributed by atoms with Gasteiger partial charge in [0, 0.05) is 0 Å². The highest BCUT2D eigenvalue weighted by Gasteiger charge is 2.20. The molecular weight excluding hydrogens is 115 g/mol. The van der Waals surface area contributed by atoms with Crippen LogP contribution in [-0.2, 0) is 0 Å². The fraction of sp³-hybridized carbons (Fsp3) is 0.750. The summed E-state index contributed by atoms with van der Waals surface area (Å²) in [5.74, 6) is 0.411. The highest BCUT2D eigenvalue weighted by atomic mass is 19.1. The van der Waals surface area contributed by atoms with E-state index in [4.69, 9.17) is 0 Å². The van der Waals surface area contributed by atoms with Crippen molar-refractivity contribution in [3.63, 3.8) is 0 Å². The third kappa shape index (κ3) is 1.54. The lowest BCUT2D eigenvalue weighted by molar-refractivity contribution is 0.244. The normalized spacial score (nSPS) is 36.9. The van der Waals surface area contributed by atoms with E-state index >= 15 is 0 Å². The van der Waals surface area contributed by atoms with Crippen LogP contribution in [0.2, 0.25) is 0 Å². The molecule has 1 unspecified atom stereocenters. The lowest BCUT2D eigenvalue weighted by atomic mass is 9.86. The monoisotopic (exact) mass is 128 g/mol. The van der Waals surface area contributed by atoms with Crippen molar-refractivity contribution in [3.05, 3.63) is 12.2 Å². The maximum absolute atomic E-state index is 12.6. The van der Waals surface area contributed by atoms with E-state index in [9.17, 15) is 4.39 Å². The zero-order valence-corrected chi connectivity index (χ0v) is 5.86. The van der Waals surface area contributed by atoms with Crippen LogP contribution in [0.5, 0.6) is 0 Å². The third-order valence-electron chi connectivity index (χ3n) is 2.08. The van der Waals surface area contributed by atoms with Gasteiger partial charge in [-0.3, -0.25) is 0 Å². The average Bonchev–Trinajstić information content (AvgIpc) is 1.80. The van der Waals surface area contributed by atoms with Crippen LogP contribution in [0.3, 0.4) is 0 Å². The molecule has 1 aliphatic rings. The Morgan fingerprint density at radius 1 is 1.67 bits per heavy atom. The van der Waals surface area contributed by atoms with Crippen molar-refractivity contribution in [1.82, 2.24) is 0 Å². The van der Waals surface area contributed by atoms with E-state index in [1.165, 1.54) is 5.57 Å². The maximum atomic E-state index is 12.6. The van der Waals surface area contributed by atoms with Crippen LogP contribution in [0.1, 0.15) is 26.2 Å². The second-order valence-electron chi connectivity index (χ2n) is 2.93. The van der Waals surface area contributed by atoms with E-state index < -0.39 is 6.17 Å². The van der Waals surface area contributed by atoms with E-state index in [0.717, 1.165) is 6.42 Å². The van der Waals surface area contributed by atoms with Crippen molar-refractivity contribution in [1.29, 1.82) is 0 Å². The van der Waals surface area contributed by atoms with Crippen molar-refractivity contribution in [2.75, 3.05) is 0 Å². The van der Waals surface area contributed by atoms with E-state index in [0.29, 0.717) is 18.8 Å². The van der Waals surface area contributed by atoms with Crippen LogP contribution in [0, 0.1) is 5.92 Å². The number of rotatable bonds is 0. The summed E-state index contributed by atoms with van der Waals surface area (Å²) in [7, 11) is 0. The number of halogens is 1. The summed E-state index contributed by atoms with van der Waals surface area (Å²) < 4.78 is 12.6. The first-order chi connectivity index (χ1) is 4.20. The molecule has 0 saturated heterocycles. The van der Waals surface area contributed by atoms with Crippen molar-refractivity contribution < 1.29 is 4.39 Å². The highest BCUT2D eigenvalue weighted by Crippen LogP contribution is 2.29. The lowest BCUT2D eigenvalue weighted by Crippen LogP contribution is -2.15. The molecule has 2 atom stereocenters. The molecule has 1 fully saturated rings. The molecule has 1 rings (SSSR count). The largest absolute Gasteiger partial charge is 0.247 e. The fourth-order valence-corrected chi connectivity index (χ4v) is 1.26. The standard InChI is InChI=1S/C8H13F/c1-6-3-4-8(9)5-7(6)2/h7-8H,1,3-5H2,2H3/t7?,8-/m0/s1. The van der Waals surface area contributed by atoms with Gasteiger partial charge in [-0.15, -0.1) is 0 Å². The second kappa shape index (κ2) is 2.51. The molecule has 0 amide bonds. The van der Waals surface area contributed by atoms with Gasteiger partial charge in [-0.2, -0.15) is 0 Å². The summed E-state index contributed by atoms with van der Waals surface area (Å²) in [6, 6.07) is 0. The minimum absolute atomic E-state index is 0.411. The van der Waals surface area contributed by atoms with Gasteiger partial charge in [-0.05, 0) is 25.2 Å². The van der Waals surface area contributed by atoms with E-state index in [1.54, 1.807) is 0 Å². The first kappa shape index (κ1) is 6.79. The molecule has 0 bridgehead atoms. The topological polar surface area (TPSA) is 0 Å². The van der Waals surface area contributed by atoms with Crippen LogP contribution < -0.4 is 0 Å². The van der Waals surface area contributed by atoms with Gasteiger partial charge in [-0.1, -0.05) is 19.1 Å². The molecule has 0 radical (unpaired) electrons. The van der Waals surface area contributed by atoms with Gasteiger partial charge >= 0.3 is 0 Å². The Labute approximate surface area is 55.8 Å². The summed E-state index contributed by atoms with van der Waals surface area (Å²) >= 11 is 0. The van der Waals surface area contributed by atoms with Crippen LogP contribution >= 0.6 is 0 Å². The minimum atomic E-state index is -0.564. The molecule has 0 spiro atoms. The zero-order chi connectivity index (χ0) is 6.85. The van der Waals surface area contributed by atoms with Gasteiger partial charge in [0.25, 0.3) is 0 Å². The van der Waals surface area contributed by atoms with Crippen molar-refractivity contribution >= 4 is 0 Å². The zero-order valence-electron chi connectivity index (χ0n) is 5.86. The van der Waals surface area contributed by atoms with E-state index in [2.05, 4.69) is 6.58 Å². The summed E-state index contributed by atoms with van der Waals surface area (Å²) in [6.07, 6.45) is 1.72. The van der Waals surface area contributed by atoms with Crippen LogP contribution in [0.15, 0.2) is 12.2 Å². The fourth-order valence-electron chi connectivity index (χ4n) is 1.26. The number of allylic oxidation sites excluding steroid dienone is 1. The first-order valence-electron chi connectivity index (χ1n) is 3.52. The molecule has 0 nitrogen and oxygen atoms in total. The van der Waals surface area contributed by atoms with Gasteiger partial charge in [0.15, 0.2) is 0 Å². The molecule has 1 aliphatic carbocycles. The van der Waals surface area contributed by atoms with E-state index in [1.807, 2.05) is 6.92 Å². The summed E-state index contributed by atoms with van der Waals surface area (Å²) in [6.45, 7) is 5.91. The van der Waals surface area contributed by atoms with Gasteiger partial charge in [-0.25, -0.2) is 4.39 Å². The molecule has 0 aromatic heterocycles. The summed E-state index contributed by atoms with van der Waals surface area (Å²) in [5.41, 5.74) is 1.23. The van der Waals surface area contributed by atoms with Crippen LogP contribution in [-0.4, -0.2) is 6.17 Å². The number of hydrogen-bond acceptors (Lipinski definition) is 0. The first-order valence-corrected chi connectivity index (χ1v) is 3.52. The molecule has 0 N–H and O–H groups in total. The quantitative estimate of drug-likeness (QED) is 0.440. The Bertz CT molecular complexity index is 118. The molecule has 0 heterocycles. The maximum Gasteiger partial charge on any atom is 0.101 e. The predicted octanol–water partition coefficient (Wildman–Crippen LogP) is 2.70. The molecule has 0 aromatic carbocycles. The SMILES string of the molecule is C=C1CC[C@H](F)CC1C. The average molecular weight is 128 g/mol. The van der Waals surface area contributed by atoms with Gasteiger partial charge in [0.1, 0.15) is 6.17 Å². The van der Waals surface area contributed by atoms with Crippen molar-refractivity contribution in [2.45, 2.75) is 32.4 Å². The van der Waals surface area contributed by atoms with E-state index in [-0.39, 0.29) is 0 Å². The molecule has 0 aromatic rings. The Balaban J connectivity index is 2.44. The third-order valence-corrected chi connectivity index (χ3v) is 2.08. The molecule has 9 heavy (non-hydrogen) atoms. The molecule has 0 aliphatic heterocycles. The molecule has 52 valence electrons. The second-order valence-corrected chi connectivity index (χ2v) is 2.93. The lowest BCUT2D eigenvalue weighted by Gasteiger charge is -2.23. The van der Waals surface area contributed by atoms with Crippen molar-refractivity contribution in [2.24, 2.45) is 5.92 Å². The van der Waals surface area contributed by atoms with Crippen LogP contribution in [0.25, 0.3) is 0 Å². The summed E-state index contributed by atoms with van der Waals surface area (Å²) in [5, 5.41) is 0. The Hall–Kier alpha value is -0.330. The van der Waals surface area contributed by atoms with Gasteiger partial charge < -0.3 is 0 Å². The smallest absolute Gasteiger partial charge is 0.101 e. The Morgan fingerprint density at radius 3 is 2.78 bits per heavy atom. The van der Waals surface area contributed by atoms with Gasteiger partial charge in [0.2, 0.25) is 0 Å². The highest BCUT2D eigenvalue weighted by molar-refractivity contribution is 5.03. The Morgan fingerprint density at radius 2 is 2.33 bits per heavy atom.